The number of halogens is 4. The van der Waals surface area contributed by atoms with Crippen molar-refractivity contribution < 1.29 is 21.7 Å². The van der Waals surface area contributed by atoms with Crippen LogP contribution in [0.3, 0.4) is 0 Å². The first kappa shape index (κ1) is 32.8. The molecule has 2 fully saturated rings. The van der Waals surface area contributed by atoms with Gasteiger partial charge < -0.3 is 40.2 Å². The fraction of sp³-hybridized carbons (Fsp3) is 0.182. The van der Waals surface area contributed by atoms with Crippen LogP contribution in [0.2, 0.25) is 19.6 Å². The number of rotatable bonds is 2. The van der Waals surface area contributed by atoms with E-state index in [-0.39, 0.29) is 21.7 Å². The summed E-state index contributed by atoms with van der Waals surface area (Å²) >= 11 is 0. The summed E-state index contributed by atoms with van der Waals surface area (Å²) in [4.78, 5) is 0. The summed E-state index contributed by atoms with van der Waals surface area (Å²) in [6, 6.07) is 10.5. The Hall–Kier alpha value is 1.58. The molecule has 10 radical (unpaired) electrons. The zero-order valence-electron chi connectivity index (χ0n) is 17.2. The maximum Gasteiger partial charge on any atom is 2.00 e. The Labute approximate surface area is 215 Å². The molecule has 0 nitrogen and oxygen atoms in total. The number of benzene rings is 1. The van der Waals surface area contributed by atoms with Crippen molar-refractivity contribution in [1.29, 1.82) is 0 Å². The van der Waals surface area contributed by atoms with Crippen LogP contribution < -0.4 is 0 Å². The molecule has 0 aromatic heterocycles. The van der Waals surface area contributed by atoms with Crippen LogP contribution in [0.25, 0.3) is 5.57 Å². The molecule has 7 heteroatoms. The third kappa shape index (κ3) is 27.5. The Kier molecular flexibility index (Phi) is 21.6. The Morgan fingerprint density at radius 2 is 0.966 bits per heavy atom. The van der Waals surface area contributed by atoms with Crippen LogP contribution in [0.4, 0.5) is 0 Å². The van der Waals surface area contributed by atoms with Crippen LogP contribution >= 0.6 is 40.2 Å². The summed E-state index contributed by atoms with van der Waals surface area (Å²) < 4.78 is 0. The van der Waals surface area contributed by atoms with E-state index in [0.29, 0.717) is 0 Å². The summed E-state index contributed by atoms with van der Waals surface area (Å²) in [5, 5.41) is 0. The van der Waals surface area contributed by atoms with Gasteiger partial charge in [-0.2, -0.15) is 5.56 Å². The molecule has 0 bridgehead atoms. The minimum atomic E-state index is -2.94. The quantitative estimate of drug-likeness (QED) is 0.264. The van der Waals surface area contributed by atoms with Crippen LogP contribution in [0.1, 0.15) is 12.5 Å². The Balaban J connectivity index is 0. The molecule has 1 aromatic rings. The SMILES string of the molecule is CC(=[C-][Si](C)(C)C)c1ccccc1.[CH]1[CH][CH][CH][CH]1.[CH]1[CH][CH][CH][CH]1.[Cl][Al-]([Cl])([Cl])[Cl].[Ti+2]. The zero-order chi connectivity index (χ0) is 21.5. The van der Waals surface area contributed by atoms with Gasteiger partial charge in [-0.25, -0.2) is 5.57 Å². The van der Waals surface area contributed by atoms with Gasteiger partial charge >= 0.3 is 31.1 Å². The van der Waals surface area contributed by atoms with Crippen molar-refractivity contribution >= 4 is 63.2 Å². The van der Waals surface area contributed by atoms with E-state index in [1.165, 1.54) is 11.1 Å². The summed E-state index contributed by atoms with van der Waals surface area (Å²) in [5.74, 6) is 0. The normalized spacial score (nSPS) is 16.2. The predicted molar refractivity (Wildman–Crippen MR) is 134 cm³/mol. The minimum Gasteiger partial charge on any atom is -0.391 e. The molecule has 1 aromatic carbocycles. The van der Waals surface area contributed by atoms with Crippen LogP contribution in [0.15, 0.2) is 30.3 Å². The average molecular weight is 536 g/mol. The van der Waals surface area contributed by atoms with Crippen molar-refractivity contribution in [3.8, 4) is 0 Å². The van der Waals surface area contributed by atoms with Gasteiger partial charge in [-0.3, -0.25) is 5.70 Å². The summed E-state index contributed by atoms with van der Waals surface area (Å²) in [7, 11) is 15.8. The van der Waals surface area contributed by atoms with Gasteiger partial charge in [0.1, 0.15) is 0 Å². The van der Waals surface area contributed by atoms with Gasteiger partial charge in [-0.15, -0.1) is 12.1 Å². The maximum atomic E-state index is 4.99. The monoisotopic (exact) mass is 534 g/mol. The molecule has 29 heavy (non-hydrogen) atoms. The van der Waals surface area contributed by atoms with E-state index in [9.17, 15) is 0 Å². The van der Waals surface area contributed by atoms with Gasteiger partial charge in [0.25, 0.3) is 0 Å². The molecule has 0 spiro atoms. The average Bonchev–Trinajstić information content (AvgIpc) is 3.31. The molecule has 0 saturated heterocycles. The molecule has 3 rings (SSSR count). The molecule has 0 amide bonds. The third-order valence-corrected chi connectivity index (χ3v) is 4.01. The second-order valence-corrected chi connectivity index (χ2v) is 24.4. The smallest absolute Gasteiger partial charge is 0.391 e. The van der Waals surface area contributed by atoms with Crippen molar-refractivity contribution in [1.82, 2.24) is 0 Å². The minimum absolute atomic E-state index is 0. The predicted octanol–water partition coefficient (Wildman–Crippen LogP) is 8.19. The topological polar surface area (TPSA) is 0 Å². The fourth-order valence-electron chi connectivity index (χ4n) is 1.96. The summed E-state index contributed by atoms with van der Waals surface area (Å²) in [6.45, 7) is 9.06. The van der Waals surface area contributed by atoms with E-state index in [1.54, 1.807) is 0 Å². The molecule has 0 N–H and O–H groups in total. The first-order valence-corrected chi connectivity index (χ1v) is 19.3. The summed E-state index contributed by atoms with van der Waals surface area (Å²) in [5.41, 5.74) is 6.18. The maximum absolute atomic E-state index is 4.99. The van der Waals surface area contributed by atoms with Gasteiger partial charge in [-0.05, 0) is 72.3 Å². The third-order valence-electron chi connectivity index (χ3n) is 2.88. The Morgan fingerprint density at radius 3 is 1.21 bits per heavy atom. The van der Waals surface area contributed by atoms with Gasteiger partial charge in [0.2, 0.25) is 0 Å². The van der Waals surface area contributed by atoms with Crippen molar-refractivity contribution in [3.63, 3.8) is 0 Å². The van der Waals surface area contributed by atoms with E-state index in [0.717, 1.165) is 0 Å². The molecule has 2 aliphatic rings. The van der Waals surface area contributed by atoms with Gasteiger partial charge in [0.15, 0.2) is 0 Å². The number of allylic oxidation sites excluding steroid dienone is 1. The first-order chi connectivity index (χ1) is 13.0. The molecular formula is C22H27AlCl4SiTi. The molecule has 0 heterocycles. The second kappa shape index (κ2) is 19.1. The van der Waals surface area contributed by atoms with Gasteiger partial charge in [-0.1, -0.05) is 44.8 Å². The molecular weight excluding hydrogens is 509 g/mol. The standard InChI is InChI=1S/C12H17Si.2C5H5.Al.4ClH.Ti/c1-11(10-13(2,3)4)12-8-6-5-7-9-12;2*1-2-4-5-3-1;;;;;;/h5-9H,1-4H3;2*1-5H;;4*1H;/q-1;;;+3;;;;;+2/p-4. The van der Waals surface area contributed by atoms with Crippen LogP contribution in [-0.4, -0.2) is 17.5 Å². The molecule has 2 saturated carbocycles. The van der Waals surface area contributed by atoms with E-state index in [4.69, 9.17) is 40.2 Å². The molecule has 154 valence electrons. The van der Waals surface area contributed by atoms with Gasteiger partial charge in [0, 0.05) is 0 Å². The van der Waals surface area contributed by atoms with E-state index in [1.807, 2.05) is 70.3 Å². The fourth-order valence-corrected chi connectivity index (χ4v) is 3.23. The molecule has 0 unspecified atom stereocenters. The van der Waals surface area contributed by atoms with Crippen molar-refractivity contribution in [2.45, 2.75) is 26.6 Å². The van der Waals surface area contributed by atoms with Crippen LogP contribution in [0.5, 0.6) is 0 Å². The van der Waals surface area contributed by atoms with Crippen molar-refractivity contribution in [2.75, 3.05) is 0 Å². The first-order valence-electron chi connectivity index (χ1n) is 8.87. The number of hydrogen-bond acceptors (Lipinski definition) is 0. The molecule has 0 atom stereocenters. The molecule has 0 aliphatic heterocycles. The van der Waals surface area contributed by atoms with Gasteiger partial charge in [0.05, 0.1) is 0 Å². The Morgan fingerprint density at radius 1 is 0.690 bits per heavy atom. The van der Waals surface area contributed by atoms with Crippen LogP contribution in [-0.2, 0) is 21.7 Å². The van der Waals surface area contributed by atoms with Crippen LogP contribution in [0, 0.1) is 69.9 Å². The summed E-state index contributed by atoms with van der Waals surface area (Å²) in [6.07, 6.45) is 20.0. The molecule has 2 aliphatic carbocycles. The number of hydrogen-bond donors (Lipinski definition) is 0. The largest absolute Gasteiger partial charge is 2.00 e. The van der Waals surface area contributed by atoms with Crippen molar-refractivity contribution in [3.05, 3.63) is 106 Å². The van der Waals surface area contributed by atoms with Crippen molar-refractivity contribution in [2.24, 2.45) is 0 Å². The zero-order valence-corrected chi connectivity index (χ0v) is 24.0. The second-order valence-electron chi connectivity index (χ2n) is 6.79. The van der Waals surface area contributed by atoms with E-state index < -0.39 is 17.5 Å². The van der Waals surface area contributed by atoms with E-state index in [2.05, 4.69) is 56.5 Å². The Bertz CT molecular complexity index is 489. The van der Waals surface area contributed by atoms with E-state index >= 15 is 0 Å².